The fourth-order valence-corrected chi connectivity index (χ4v) is 5.83. The second-order valence-corrected chi connectivity index (χ2v) is 11.5. The van der Waals surface area contributed by atoms with E-state index in [2.05, 4.69) is 24.9 Å². The van der Waals surface area contributed by atoms with Gasteiger partial charge in [0, 0.05) is 52.3 Å². The first-order chi connectivity index (χ1) is 16.9. The van der Waals surface area contributed by atoms with Crippen LogP contribution in [0, 0.1) is 5.92 Å². The summed E-state index contributed by atoms with van der Waals surface area (Å²) in [6, 6.07) is 12.0. The van der Waals surface area contributed by atoms with Gasteiger partial charge in [-0.2, -0.15) is 0 Å². The monoisotopic (exact) mass is 532 g/mol. The second-order valence-electron chi connectivity index (χ2n) is 8.85. The molecule has 0 unspecified atom stereocenters. The summed E-state index contributed by atoms with van der Waals surface area (Å²) < 4.78 is 29.4. The fourth-order valence-electron chi connectivity index (χ4n) is 4.51. The molecular formula is C24H26Cl2N6O2S. The van der Waals surface area contributed by atoms with Gasteiger partial charge in [0.05, 0.1) is 11.1 Å². The number of hydrogen-bond acceptors (Lipinski definition) is 5. The van der Waals surface area contributed by atoms with Crippen molar-refractivity contribution >= 4 is 44.1 Å². The number of nitrogens with zero attached hydrogens (tertiary/aromatic N) is 4. The van der Waals surface area contributed by atoms with Crippen LogP contribution in [0.25, 0.3) is 22.2 Å². The highest BCUT2D eigenvalue weighted by atomic mass is 35.5. The molecule has 1 saturated heterocycles. The van der Waals surface area contributed by atoms with Crippen molar-refractivity contribution in [1.82, 2.24) is 29.6 Å². The van der Waals surface area contributed by atoms with Crippen LogP contribution in [0.2, 0.25) is 10.0 Å². The molecule has 11 heteroatoms. The number of benzene rings is 2. The van der Waals surface area contributed by atoms with E-state index in [0.29, 0.717) is 29.1 Å². The molecule has 184 valence electrons. The molecular weight excluding hydrogens is 507 g/mol. The summed E-state index contributed by atoms with van der Waals surface area (Å²) in [6.45, 7) is 3.73. The number of aromatic amines is 1. The predicted octanol–water partition coefficient (Wildman–Crippen LogP) is 4.42. The van der Waals surface area contributed by atoms with Crippen LogP contribution in [-0.4, -0.2) is 59.5 Å². The first-order valence-electron chi connectivity index (χ1n) is 11.5. The molecule has 1 aliphatic heterocycles. The summed E-state index contributed by atoms with van der Waals surface area (Å²) in [7, 11) is -3.52. The third-order valence-corrected chi connectivity index (χ3v) is 8.42. The molecule has 0 amide bonds. The number of rotatable bonds is 8. The molecule has 0 aliphatic carbocycles. The van der Waals surface area contributed by atoms with Crippen molar-refractivity contribution in [3.63, 3.8) is 0 Å². The number of nitrogens with one attached hydrogen (secondary N) is 2. The van der Waals surface area contributed by atoms with E-state index in [1.54, 1.807) is 12.1 Å². The zero-order chi connectivity index (χ0) is 24.4. The highest BCUT2D eigenvalue weighted by Crippen LogP contribution is 2.29. The highest BCUT2D eigenvalue weighted by molar-refractivity contribution is 7.89. The summed E-state index contributed by atoms with van der Waals surface area (Å²) in [5.41, 5.74) is 2.83. The summed E-state index contributed by atoms with van der Waals surface area (Å²) >= 11 is 11.9. The van der Waals surface area contributed by atoms with Gasteiger partial charge in [0.1, 0.15) is 5.69 Å². The number of sulfonamides is 1. The Morgan fingerprint density at radius 1 is 1.06 bits per heavy atom. The first-order valence-corrected chi connectivity index (χ1v) is 13.8. The van der Waals surface area contributed by atoms with Crippen LogP contribution in [0.5, 0.6) is 0 Å². The van der Waals surface area contributed by atoms with Gasteiger partial charge in [-0.05, 0) is 68.2 Å². The number of likely N-dealkylation sites (tertiary alicyclic amines) is 1. The lowest BCUT2D eigenvalue weighted by atomic mass is 9.97. The van der Waals surface area contributed by atoms with Gasteiger partial charge >= 0.3 is 0 Å². The topological polar surface area (TPSA) is 95.9 Å². The number of H-pyrrole nitrogens is 1. The van der Waals surface area contributed by atoms with Crippen molar-refractivity contribution < 1.29 is 8.42 Å². The van der Waals surface area contributed by atoms with Crippen molar-refractivity contribution in [3.8, 4) is 11.3 Å². The van der Waals surface area contributed by atoms with E-state index in [1.807, 2.05) is 35.3 Å². The van der Waals surface area contributed by atoms with E-state index in [1.165, 1.54) is 12.1 Å². The molecule has 0 bridgehead atoms. The molecule has 0 saturated carbocycles. The number of aromatic nitrogens is 4. The number of hydrogen-bond donors (Lipinski definition) is 2. The predicted molar refractivity (Wildman–Crippen MR) is 138 cm³/mol. The van der Waals surface area contributed by atoms with E-state index >= 15 is 0 Å². The van der Waals surface area contributed by atoms with Gasteiger partial charge in [-0.25, -0.2) is 13.1 Å². The Hall–Kier alpha value is -2.43. The zero-order valence-corrected chi connectivity index (χ0v) is 21.3. The third-order valence-electron chi connectivity index (χ3n) is 6.45. The maximum atomic E-state index is 12.4. The Morgan fingerprint density at radius 2 is 1.80 bits per heavy atom. The van der Waals surface area contributed by atoms with Gasteiger partial charge in [0.2, 0.25) is 10.0 Å². The van der Waals surface area contributed by atoms with Crippen LogP contribution in [0.4, 0.5) is 0 Å². The summed E-state index contributed by atoms with van der Waals surface area (Å²) in [6.07, 6.45) is 6.00. The Bertz CT molecular complexity index is 1410. The minimum absolute atomic E-state index is 0.226. The van der Waals surface area contributed by atoms with Crippen LogP contribution >= 0.6 is 23.2 Å². The van der Waals surface area contributed by atoms with E-state index in [9.17, 15) is 8.42 Å². The Labute approximate surface area is 214 Å². The Morgan fingerprint density at radius 3 is 2.57 bits per heavy atom. The molecule has 2 N–H and O–H groups in total. The quantitative estimate of drug-likeness (QED) is 0.350. The lowest BCUT2D eigenvalue weighted by molar-refractivity contribution is 0.173. The van der Waals surface area contributed by atoms with Crippen molar-refractivity contribution in [2.75, 3.05) is 26.2 Å². The van der Waals surface area contributed by atoms with Crippen LogP contribution in [0.15, 0.2) is 59.8 Å². The smallest absolute Gasteiger partial charge is 0.240 e. The standard InChI is InChI=1S/C24H26Cl2N6O2S/c25-18-1-4-20(5-2-18)35(33,34)28-9-12-31-10-7-17(8-11-31)15-32-16-24(29-30-32)22-14-27-23-13-19(26)3-6-21(22)23/h1-6,13-14,16-17,27-28H,7-12,15H2. The summed E-state index contributed by atoms with van der Waals surface area (Å²) in [5.74, 6) is 0.508. The molecule has 1 aliphatic rings. The van der Waals surface area contributed by atoms with Crippen molar-refractivity contribution in [2.45, 2.75) is 24.3 Å². The third kappa shape index (κ3) is 5.70. The first kappa shape index (κ1) is 24.3. The summed E-state index contributed by atoms with van der Waals surface area (Å²) in [5, 5.41) is 11.0. The van der Waals surface area contributed by atoms with Crippen LogP contribution in [-0.2, 0) is 16.6 Å². The van der Waals surface area contributed by atoms with Gasteiger partial charge in [-0.15, -0.1) is 5.10 Å². The molecule has 35 heavy (non-hydrogen) atoms. The fraction of sp³-hybridized carbons (Fsp3) is 0.333. The second kappa shape index (κ2) is 10.3. The SMILES string of the molecule is O=S(=O)(NCCN1CCC(Cn2cc(-c3c[nH]c4cc(Cl)ccc34)nn2)CC1)c1ccc(Cl)cc1. The maximum absolute atomic E-state index is 12.4. The van der Waals surface area contributed by atoms with Crippen LogP contribution in [0.3, 0.4) is 0 Å². The largest absolute Gasteiger partial charge is 0.360 e. The summed E-state index contributed by atoms with van der Waals surface area (Å²) in [4.78, 5) is 5.77. The lowest BCUT2D eigenvalue weighted by Gasteiger charge is -2.31. The van der Waals surface area contributed by atoms with Crippen LogP contribution in [0.1, 0.15) is 12.8 Å². The maximum Gasteiger partial charge on any atom is 0.240 e. The van der Waals surface area contributed by atoms with Crippen molar-refractivity contribution in [1.29, 1.82) is 0 Å². The molecule has 3 heterocycles. The number of piperidine rings is 1. The number of halogens is 2. The van der Waals surface area contributed by atoms with Crippen molar-refractivity contribution in [3.05, 3.63) is 64.9 Å². The molecule has 0 radical (unpaired) electrons. The van der Waals surface area contributed by atoms with E-state index < -0.39 is 10.0 Å². The van der Waals surface area contributed by atoms with E-state index in [4.69, 9.17) is 23.2 Å². The number of fused-ring (bicyclic) bond motifs is 1. The van der Waals surface area contributed by atoms with E-state index in [-0.39, 0.29) is 4.90 Å². The normalized spacial score (nSPS) is 15.7. The minimum atomic E-state index is -3.52. The molecule has 2 aromatic heterocycles. The van der Waals surface area contributed by atoms with E-state index in [0.717, 1.165) is 54.6 Å². The van der Waals surface area contributed by atoms with Crippen LogP contribution < -0.4 is 4.72 Å². The molecule has 0 atom stereocenters. The molecule has 0 spiro atoms. The Kier molecular flexibility index (Phi) is 7.13. The van der Waals surface area contributed by atoms with Gasteiger partial charge < -0.3 is 9.88 Å². The van der Waals surface area contributed by atoms with Gasteiger partial charge in [-0.3, -0.25) is 4.68 Å². The Balaban J connectivity index is 1.10. The molecule has 1 fully saturated rings. The highest BCUT2D eigenvalue weighted by Gasteiger charge is 2.21. The average Bonchev–Trinajstić information content (AvgIpc) is 3.47. The van der Waals surface area contributed by atoms with Gasteiger partial charge in [0.15, 0.2) is 0 Å². The van der Waals surface area contributed by atoms with Gasteiger partial charge in [-0.1, -0.05) is 34.5 Å². The molecule has 4 aromatic rings. The molecule has 8 nitrogen and oxygen atoms in total. The van der Waals surface area contributed by atoms with Crippen molar-refractivity contribution in [2.24, 2.45) is 5.92 Å². The minimum Gasteiger partial charge on any atom is -0.360 e. The molecule has 5 rings (SSSR count). The lowest BCUT2D eigenvalue weighted by Crippen LogP contribution is -2.40. The molecule has 2 aromatic carbocycles. The zero-order valence-electron chi connectivity index (χ0n) is 19.0. The van der Waals surface area contributed by atoms with Gasteiger partial charge in [0.25, 0.3) is 0 Å². The average molecular weight is 533 g/mol.